The summed E-state index contributed by atoms with van der Waals surface area (Å²) in [5.74, 6) is 0.793. The van der Waals surface area contributed by atoms with Gasteiger partial charge in [-0.1, -0.05) is 0 Å². The maximum atomic E-state index is 5.20. The molecule has 0 heterocycles. The van der Waals surface area contributed by atoms with Crippen LogP contribution in [0.5, 0.6) is 0 Å². The molecule has 0 fully saturated rings. The van der Waals surface area contributed by atoms with Crippen molar-refractivity contribution in [1.29, 1.82) is 0 Å². The molecular weight excluding hydrogens is 148 g/mol. The molecule has 0 aliphatic carbocycles. The van der Waals surface area contributed by atoms with Crippen molar-refractivity contribution in [2.24, 2.45) is 0 Å². The van der Waals surface area contributed by atoms with Gasteiger partial charge in [-0.2, -0.15) is 12.6 Å². The van der Waals surface area contributed by atoms with Crippen molar-refractivity contribution in [1.82, 2.24) is 0 Å². The van der Waals surface area contributed by atoms with E-state index in [1.807, 2.05) is 6.92 Å². The summed E-state index contributed by atoms with van der Waals surface area (Å²) in [7, 11) is 1.71. The molecule has 1 atom stereocenters. The first kappa shape index (κ1) is 10.3. The van der Waals surface area contributed by atoms with Crippen molar-refractivity contribution >= 4 is 12.6 Å². The molecule has 0 aliphatic heterocycles. The van der Waals surface area contributed by atoms with Crippen LogP contribution >= 0.6 is 12.6 Å². The van der Waals surface area contributed by atoms with Crippen LogP contribution in [-0.4, -0.2) is 32.2 Å². The van der Waals surface area contributed by atoms with Crippen molar-refractivity contribution in [3.05, 3.63) is 0 Å². The van der Waals surface area contributed by atoms with Crippen LogP contribution in [-0.2, 0) is 9.47 Å². The van der Waals surface area contributed by atoms with Gasteiger partial charge >= 0.3 is 0 Å². The summed E-state index contributed by atoms with van der Waals surface area (Å²) >= 11 is 4.01. The lowest BCUT2D eigenvalue weighted by atomic mass is 10.3. The minimum atomic E-state index is 0.305. The second-order valence-electron chi connectivity index (χ2n) is 2.17. The molecule has 2 nitrogen and oxygen atoms in total. The Morgan fingerprint density at radius 1 is 1.40 bits per heavy atom. The maximum absolute atomic E-state index is 5.20. The van der Waals surface area contributed by atoms with Crippen LogP contribution in [0.4, 0.5) is 0 Å². The van der Waals surface area contributed by atoms with Crippen LogP contribution in [0.2, 0.25) is 0 Å². The van der Waals surface area contributed by atoms with Gasteiger partial charge in [-0.3, -0.25) is 0 Å². The van der Waals surface area contributed by atoms with Gasteiger partial charge < -0.3 is 9.47 Å². The molecule has 0 aromatic rings. The molecular formula is C7H16O2S. The van der Waals surface area contributed by atoms with Gasteiger partial charge in [0.15, 0.2) is 0 Å². The summed E-state index contributed by atoms with van der Waals surface area (Å²) in [5.41, 5.74) is 0. The van der Waals surface area contributed by atoms with E-state index in [1.54, 1.807) is 7.11 Å². The molecule has 0 N–H and O–H groups in total. The van der Waals surface area contributed by atoms with E-state index in [-0.39, 0.29) is 0 Å². The lowest BCUT2D eigenvalue weighted by Crippen LogP contribution is -2.09. The van der Waals surface area contributed by atoms with Crippen molar-refractivity contribution in [3.63, 3.8) is 0 Å². The third-order valence-corrected chi connectivity index (χ3v) is 1.49. The second kappa shape index (κ2) is 7.38. The molecule has 0 radical (unpaired) electrons. The highest BCUT2D eigenvalue weighted by Crippen LogP contribution is 1.94. The van der Waals surface area contributed by atoms with Crippen molar-refractivity contribution in [2.75, 3.05) is 26.1 Å². The zero-order valence-corrected chi connectivity index (χ0v) is 7.56. The summed E-state index contributed by atoms with van der Waals surface area (Å²) in [6.07, 6.45) is 1.27. The first-order chi connectivity index (χ1) is 4.81. The third kappa shape index (κ3) is 6.39. The largest absolute Gasteiger partial charge is 0.382 e. The third-order valence-electron chi connectivity index (χ3n) is 1.31. The van der Waals surface area contributed by atoms with Gasteiger partial charge in [0.2, 0.25) is 0 Å². The van der Waals surface area contributed by atoms with Crippen LogP contribution in [0.15, 0.2) is 0 Å². The number of ether oxygens (including phenoxy) is 2. The summed E-state index contributed by atoms with van der Waals surface area (Å²) in [6, 6.07) is 0. The molecule has 0 bridgehead atoms. The Morgan fingerprint density at radius 2 is 2.10 bits per heavy atom. The highest BCUT2D eigenvalue weighted by atomic mass is 32.1. The molecule has 1 unspecified atom stereocenters. The zero-order valence-electron chi connectivity index (χ0n) is 6.67. The molecule has 10 heavy (non-hydrogen) atoms. The lowest BCUT2D eigenvalue weighted by Gasteiger charge is -2.08. The Bertz CT molecular complexity index is 68.6. The van der Waals surface area contributed by atoms with E-state index in [4.69, 9.17) is 9.47 Å². The molecule has 0 saturated carbocycles. The Labute approximate surface area is 68.3 Å². The smallest absolute Gasteiger partial charge is 0.0565 e. The Balaban J connectivity index is 2.89. The minimum absolute atomic E-state index is 0.305. The second-order valence-corrected chi connectivity index (χ2v) is 2.62. The molecule has 0 amide bonds. The van der Waals surface area contributed by atoms with Crippen LogP contribution in [0, 0.1) is 0 Å². The van der Waals surface area contributed by atoms with Gasteiger partial charge in [-0.15, -0.1) is 0 Å². The van der Waals surface area contributed by atoms with Gasteiger partial charge in [0.25, 0.3) is 0 Å². The Hall–Kier alpha value is 0.270. The molecule has 3 heteroatoms. The van der Waals surface area contributed by atoms with Gasteiger partial charge in [0.1, 0.15) is 0 Å². The van der Waals surface area contributed by atoms with E-state index >= 15 is 0 Å². The van der Waals surface area contributed by atoms with Gasteiger partial charge in [0, 0.05) is 19.5 Å². The van der Waals surface area contributed by atoms with Crippen LogP contribution in [0.3, 0.4) is 0 Å². The van der Waals surface area contributed by atoms with Crippen molar-refractivity contribution in [3.8, 4) is 0 Å². The van der Waals surface area contributed by atoms with Gasteiger partial charge in [-0.25, -0.2) is 0 Å². The molecule has 0 aliphatic rings. The highest BCUT2D eigenvalue weighted by Gasteiger charge is 1.97. The number of hydrogen-bond donors (Lipinski definition) is 1. The van der Waals surface area contributed by atoms with E-state index in [2.05, 4.69) is 12.6 Å². The molecule has 0 rings (SSSR count). The maximum Gasteiger partial charge on any atom is 0.0565 e. The predicted molar refractivity (Wildman–Crippen MR) is 45.8 cm³/mol. The summed E-state index contributed by atoms with van der Waals surface area (Å²) in [6.45, 7) is 3.54. The topological polar surface area (TPSA) is 18.5 Å². The molecule has 0 spiro atoms. The Morgan fingerprint density at radius 3 is 2.60 bits per heavy atom. The van der Waals surface area contributed by atoms with Gasteiger partial charge in [0.05, 0.1) is 12.7 Å². The van der Waals surface area contributed by atoms with E-state index < -0.39 is 0 Å². The van der Waals surface area contributed by atoms with Crippen molar-refractivity contribution < 1.29 is 9.47 Å². The first-order valence-electron chi connectivity index (χ1n) is 3.52. The predicted octanol–water partition coefficient (Wildman–Crippen LogP) is 1.36. The number of rotatable bonds is 6. The Kier molecular flexibility index (Phi) is 7.58. The van der Waals surface area contributed by atoms with Crippen molar-refractivity contribution in [2.45, 2.75) is 19.4 Å². The number of methoxy groups -OCH3 is 1. The summed E-state index contributed by atoms with van der Waals surface area (Å²) in [5, 5.41) is 0. The standard InChI is InChI=1S/C7H16O2S/c1-7(8-2)3-4-9-5-6-10/h7,10H,3-6H2,1-2H3. The zero-order chi connectivity index (χ0) is 7.82. The highest BCUT2D eigenvalue weighted by molar-refractivity contribution is 7.80. The normalized spacial score (nSPS) is 13.5. The fourth-order valence-electron chi connectivity index (χ4n) is 0.534. The van der Waals surface area contributed by atoms with Crippen LogP contribution in [0.1, 0.15) is 13.3 Å². The van der Waals surface area contributed by atoms with E-state index in [1.165, 1.54) is 0 Å². The van der Waals surface area contributed by atoms with Crippen LogP contribution < -0.4 is 0 Å². The SMILES string of the molecule is COC(C)CCOCCS. The monoisotopic (exact) mass is 164 g/mol. The summed E-state index contributed by atoms with van der Waals surface area (Å²) in [4.78, 5) is 0. The summed E-state index contributed by atoms with van der Waals surface area (Å²) < 4.78 is 10.2. The van der Waals surface area contributed by atoms with E-state index in [9.17, 15) is 0 Å². The average Bonchev–Trinajstić information content (AvgIpc) is 1.98. The van der Waals surface area contributed by atoms with E-state index in [0.717, 1.165) is 25.4 Å². The molecule has 62 valence electrons. The average molecular weight is 164 g/mol. The quantitative estimate of drug-likeness (QED) is 0.472. The lowest BCUT2D eigenvalue weighted by molar-refractivity contribution is 0.0668. The fourth-order valence-corrected chi connectivity index (χ4v) is 0.663. The number of hydrogen-bond acceptors (Lipinski definition) is 3. The number of thiol groups is 1. The van der Waals surface area contributed by atoms with E-state index in [0.29, 0.717) is 6.10 Å². The van der Waals surface area contributed by atoms with Crippen LogP contribution in [0.25, 0.3) is 0 Å². The molecule has 0 aromatic heterocycles. The molecule has 0 saturated heterocycles. The fraction of sp³-hybridized carbons (Fsp3) is 1.00. The first-order valence-corrected chi connectivity index (χ1v) is 4.16. The molecule has 0 aromatic carbocycles. The van der Waals surface area contributed by atoms with Gasteiger partial charge in [-0.05, 0) is 13.3 Å². The minimum Gasteiger partial charge on any atom is -0.382 e.